The van der Waals surface area contributed by atoms with Crippen LogP contribution in [0.2, 0.25) is 0 Å². The lowest BCUT2D eigenvalue weighted by atomic mass is 10.1. The number of aromatic nitrogens is 1. The highest BCUT2D eigenvalue weighted by molar-refractivity contribution is 5.78. The fraction of sp³-hybridized carbons (Fsp3) is 0.500. The monoisotopic (exact) mass is 238 g/mol. The normalized spacial score (nSPS) is 10.2. The number of carbonyl (C=O) groups is 1. The van der Waals surface area contributed by atoms with E-state index in [0.29, 0.717) is 19.8 Å². The Morgan fingerprint density at radius 3 is 3.06 bits per heavy atom. The summed E-state index contributed by atoms with van der Waals surface area (Å²) in [6.45, 7) is 3.09. The van der Waals surface area contributed by atoms with Crippen molar-refractivity contribution in [2.24, 2.45) is 0 Å². The van der Waals surface area contributed by atoms with Crippen molar-refractivity contribution >= 4 is 5.91 Å². The molecule has 0 saturated heterocycles. The van der Waals surface area contributed by atoms with Crippen LogP contribution >= 0.6 is 0 Å². The second kappa shape index (κ2) is 7.76. The molecular formula is C12H18N2O3. The molecule has 0 atom stereocenters. The molecule has 0 saturated carbocycles. The van der Waals surface area contributed by atoms with Gasteiger partial charge in [-0.1, -0.05) is 6.07 Å². The fourth-order valence-corrected chi connectivity index (χ4v) is 1.35. The van der Waals surface area contributed by atoms with E-state index in [1.807, 2.05) is 19.1 Å². The van der Waals surface area contributed by atoms with Gasteiger partial charge < -0.3 is 15.2 Å². The summed E-state index contributed by atoms with van der Waals surface area (Å²) in [5.74, 6) is -0.0700. The SMILES string of the molecule is Cc1cccnc1CC(=O)NCCOCCO. The highest BCUT2D eigenvalue weighted by Crippen LogP contribution is 2.03. The molecule has 5 heteroatoms. The van der Waals surface area contributed by atoms with Gasteiger partial charge in [0, 0.05) is 12.7 Å². The fourth-order valence-electron chi connectivity index (χ4n) is 1.35. The second-order valence-electron chi connectivity index (χ2n) is 3.63. The zero-order valence-corrected chi connectivity index (χ0v) is 9.98. The summed E-state index contributed by atoms with van der Waals surface area (Å²) in [6.07, 6.45) is 1.96. The van der Waals surface area contributed by atoms with Crippen LogP contribution < -0.4 is 5.32 Å². The van der Waals surface area contributed by atoms with Crippen LogP contribution in [0, 0.1) is 6.92 Å². The highest BCUT2D eigenvalue weighted by Gasteiger charge is 2.05. The van der Waals surface area contributed by atoms with Crippen molar-refractivity contribution in [2.75, 3.05) is 26.4 Å². The molecule has 0 aliphatic rings. The Kier molecular flexibility index (Phi) is 6.21. The van der Waals surface area contributed by atoms with Crippen molar-refractivity contribution in [2.45, 2.75) is 13.3 Å². The summed E-state index contributed by atoms with van der Waals surface area (Å²) in [7, 11) is 0. The number of pyridine rings is 1. The molecule has 0 aromatic carbocycles. The predicted octanol–water partition coefficient (Wildman–Crippen LogP) is 0.0576. The topological polar surface area (TPSA) is 71.5 Å². The zero-order valence-electron chi connectivity index (χ0n) is 9.98. The van der Waals surface area contributed by atoms with Crippen molar-refractivity contribution in [1.82, 2.24) is 10.3 Å². The molecule has 0 aliphatic heterocycles. The Bertz CT molecular complexity index is 355. The van der Waals surface area contributed by atoms with Crippen molar-refractivity contribution < 1.29 is 14.6 Å². The Morgan fingerprint density at radius 2 is 2.35 bits per heavy atom. The zero-order chi connectivity index (χ0) is 12.5. The van der Waals surface area contributed by atoms with E-state index in [1.165, 1.54) is 0 Å². The van der Waals surface area contributed by atoms with E-state index in [0.717, 1.165) is 11.3 Å². The van der Waals surface area contributed by atoms with Gasteiger partial charge in [-0.3, -0.25) is 9.78 Å². The molecule has 17 heavy (non-hydrogen) atoms. The third-order valence-corrected chi connectivity index (χ3v) is 2.25. The summed E-state index contributed by atoms with van der Waals surface area (Å²) >= 11 is 0. The van der Waals surface area contributed by atoms with E-state index in [-0.39, 0.29) is 18.9 Å². The minimum absolute atomic E-state index is 0.00107. The minimum Gasteiger partial charge on any atom is -0.394 e. The highest BCUT2D eigenvalue weighted by atomic mass is 16.5. The van der Waals surface area contributed by atoms with E-state index in [2.05, 4.69) is 10.3 Å². The second-order valence-corrected chi connectivity index (χ2v) is 3.63. The smallest absolute Gasteiger partial charge is 0.226 e. The number of hydrogen-bond acceptors (Lipinski definition) is 4. The molecule has 0 unspecified atom stereocenters. The molecular weight excluding hydrogens is 220 g/mol. The third-order valence-electron chi connectivity index (χ3n) is 2.25. The Labute approximate surface area is 101 Å². The largest absolute Gasteiger partial charge is 0.394 e. The standard InChI is InChI=1S/C12H18N2O3/c1-10-3-2-4-13-11(10)9-12(16)14-5-7-17-8-6-15/h2-4,15H,5-9H2,1H3,(H,14,16). The van der Waals surface area contributed by atoms with E-state index < -0.39 is 0 Å². The van der Waals surface area contributed by atoms with Gasteiger partial charge in [-0.15, -0.1) is 0 Å². The van der Waals surface area contributed by atoms with Gasteiger partial charge in [0.1, 0.15) is 0 Å². The van der Waals surface area contributed by atoms with Crippen molar-refractivity contribution in [3.63, 3.8) is 0 Å². The lowest BCUT2D eigenvalue weighted by Gasteiger charge is -2.06. The number of hydrogen-bond donors (Lipinski definition) is 2. The molecule has 0 radical (unpaired) electrons. The molecule has 1 aromatic rings. The molecule has 1 aromatic heterocycles. The first-order chi connectivity index (χ1) is 8.24. The van der Waals surface area contributed by atoms with Crippen LogP contribution in [0.5, 0.6) is 0 Å². The van der Waals surface area contributed by atoms with Crippen molar-refractivity contribution in [3.8, 4) is 0 Å². The molecule has 2 N–H and O–H groups in total. The lowest BCUT2D eigenvalue weighted by Crippen LogP contribution is -2.29. The molecule has 0 aliphatic carbocycles. The Hall–Kier alpha value is -1.46. The van der Waals surface area contributed by atoms with Gasteiger partial charge in [-0.2, -0.15) is 0 Å². The van der Waals surface area contributed by atoms with Crippen LogP contribution in [-0.4, -0.2) is 42.4 Å². The number of aryl methyl sites for hydroxylation is 1. The van der Waals surface area contributed by atoms with Gasteiger partial charge in [0.25, 0.3) is 0 Å². The first-order valence-corrected chi connectivity index (χ1v) is 5.60. The van der Waals surface area contributed by atoms with Gasteiger partial charge in [-0.05, 0) is 18.6 Å². The van der Waals surface area contributed by atoms with Crippen LogP contribution in [0.1, 0.15) is 11.3 Å². The number of rotatable bonds is 7. The van der Waals surface area contributed by atoms with Crippen LogP contribution in [0.4, 0.5) is 0 Å². The maximum absolute atomic E-state index is 11.5. The first-order valence-electron chi connectivity index (χ1n) is 5.60. The summed E-state index contributed by atoms with van der Waals surface area (Å²) in [5, 5.41) is 11.2. The molecule has 5 nitrogen and oxygen atoms in total. The van der Waals surface area contributed by atoms with Crippen molar-refractivity contribution in [1.29, 1.82) is 0 Å². The van der Waals surface area contributed by atoms with E-state index in [4.69, 9.17) is 9.84 Å². The van der Waals surface area contributed by atoms with Crippen LogP contribution in [0.25, 0.3) is 0 Å². The van der Waals surface area contributed by atoms with Crippen LogP contribution in [0.15, 0.2) is 18.3 Å². The first kappa shape index (κ1) is 13.6. The number of ether oxygens (including phenoxy) is 1. The van der Waals surface area contributed by atoms with E-state index in [1.54, 1.807) is 6.20 Å². The summed E-state index contributed by atoms with van der Waals surface area (Å²) in [6, 6.07) is 3.78. The maximum atomic E-state index is 11.5. The van der Waals surface area contributed by atoms with Gasteiger partial charge in [0.2, 0.25) is 5.91 Å². The summed E-state index contributed by atoms with van der Waals surface area (Å²) in [5.41, 5.74) is 1.81. The number of nitrogens with zero attached hydrogens (tertiary/aromatic N) is 1. The number of carbonyl (C=O) groups excluding carboxylic acids is 1. The maximum Gasteiger partial charge on any atom is 0.226 e. The molecule has 1 rings (SSSR count). The van der Waals surface area contributed by atoms with Crippen LogP contribution in [-0.2, 0) is 16.0 Å². The van der Waals surface area contributed by atoms with Crippen LogP contribution in [0.3, 0.4) is 0 Å². The summed E-state index contributed by atoms with van der Waals surface area (Å²) < 4.78 is 5.03. The van der Waals surface area contributed by atoms with Gasteiger partial charge in [0.05, 0.1) is 31.9 Å². The van der Waals surface area contributed by atoms with Crippen molar-refractivity contribution in [3.05, 3.63) is 29.6 Å². The number of aliphatic hydroxyl groups is 1. The average molecular weight is 238 g/mol. The molecule has 1 heterocycles. The number of aliphatic hydroxyl groups excluding tert-OH is 1. The summed E-state index contributed by atoms with van der Waals surface area (Å²) in [4.78, 5) is 15.7. The average Bonchev–Trinajstić information content (AvgIpc) is 2.32. The molecule has 0 fully saturated rings. The third kappa shape index (κ3) is 5.42. The van der Waals surface area contributed by atoms with E-state index in [9.17, 15) is 4.79 Å². The van der Waals surface area contributed by atoms with Gasteiger partial charge in [0.15, 0.2) is 0 Å². The van der Waals surface area contributed by atoms with E-state index >= 15 is 0 Å². The van der Waals surface area contributed by atoms with Gasteiger partial charge >= 0.3 is 0 Å². The minimum atomic E-state index is -0.0700. The quantitative estimate of drug-likeness (QED) is 0.659. The molecule has 1 amide bonds. The predicted molar refractivity (Wildman–Crippen MR) is 63.6 cm³/mol. The Morgan fingerprint density at radius 1 is 1.53 bits per heavy atom. The molecule has 0 spiro atoms. The number of amides is 1. The lowest BCUT2D eigenvalue weighted by molar-refractivity contribution is -0.120. The molecule has 0 bridgehead atoms. The van der Waals surface area contributed by atoms with Gasteiger partial charge in [-0.25, -0.2) is 0 Å². The molecule has 94 valence electrons. The Balaban J connectivity index is 2.23. The number of nitrogens with one attached hydrogen (secondary N) is 1.